The van der Waals surface area contributed by atoms with Crippen LogP contribution in [0.4, 0.5) is 5.13 Å². The highest BCUT2D eigenvalue weighted by molar-refractivity contribution is 7.13. The fourth-order valence-corrected chi connectivity index (χ4v) is 2.03. The molecule has 1 saturated heterocycles. The number of hydrogen-bond acceptors (Lipinski definition) is 5. The van der Waals surface area contributed by atoms with Crippen LogP contribution in [-0.2, 0) is 4.74 Å². The van der Waals surface area contributed by atoms with Gasteiger partial charge in [-0.3, -0.25) is 4.79 Å². The molecule has 1 aliphatic rings. The molecule has 0 aliphatic carbocycles. The Morgan fingerprint density at radius 2 is 2.40 bits per heavy atom. The summed E-state index contributed by atoms with van der Waals surface area (Å²) in [5, 5.41) is 2.13. The summed E-state index contributed by atoms with van der Waals surface area (Å²) >= 11 is 1.29. The molecule has 1 aromatic rings. The van der Waals surface area contributed by atoms with E-state index < -0.39 is 0 Å². The Balaban J connectivity index is 2.06. The molecule has 1 amide bonds. The Morgan fingerprint density at radius 1 is 1.53 bits per heavy atom. The molecule has 0 spiro atoms. The summed E-state index contributed by atoms with van der Waals surface area (Å²) in [6, 6.07) is 0. The van der Waals surface area contributed by atoms with Crippen molar-refractivity contribution in [2.24, 2.45) is 0 Å². The van der Waals surface area contributed by atoms with Crippen LogP contribution >= 0.6 is 11.3 Å². The predicted octanol–water partition coefficient (Wildman–Crippen LogP) is 0.588. The standard InChI is InChI=1S/C9H13N3O2S/c10-9-11-7(6-15-9)8(13)12-2-1-4-14-5-3-12/h6H,1-5H2,(H2,10,11). The second-order valence-corrected chi connectivity index (χ2v) is 4.22. The van der Waals surface area contributed by atoms with Crippen LogP contribution in [0, 0.1) is 0 Å². The molecule has 2 rings (SSSR count). The topological polar surface area (TPSA) is 68.5 Å². The van der Waals surface area contributed by atoms with Gasteiger partial charge in [-0.1, -0.05) is 0 Å². The van der Waals surface area contributed by atoms with Crippen molar-refractivity contribution < 1.29 is 9.53 Å². The maximum Gasteiger partial charge on any atom is 0.273 e. The van der Waals surface area contributed by atoms with Crippen LogP contribution in [0.3, 0.4) is 0 Å². The summed E-state index contributed by atoms with van der Waals surface area (Å²) in [6.07, 6.45) is 0.880. The number of aromatic nitrogens is 1. The van der Waals surface area contributed by atoms with Gasteiger partial charge in [-0.2, -0.15) is 0 Å². The quantitative estimate of drug-likeness (QED) is 0.762. The third kappa shape index (κ3) is 2.45. The molecule has 0 unspecified atom stereocenters. The summed E-state index contributed by atoms with van der Waals surface area (Å²) < 4.78 is 5.28. The lowest BCUT2D eigenvalue weighted by Gasteiger charge is -2.17. The van der Waals surface area contributed by atoms with Gasteiger partial charge in [-0.25, -0.2) is 4.98 Å². The van der Waals surface area contributed by atoms with E-state index in [4.69, 9.17) is 10.5 Å². The Kier molecular flexibility index (Phi) is 3.17. The number of nitrogens with two attached hydrogens (primary N) is 1. The molecule has 1 aliphatic heterocycles. The van der Waals surface area contributed by atoms with E-state index in [1.54, 1.807) is 10.3 Å². The molecule has 2 N–H and O–H groups in total. The molecule has 6 heteroatoms. The van der Waals surface area contributed by atoms with Gasteiger partial charge in [-0.05, 0) is 6.42 Å². The van der Waals surface area contributed by atoms with Crippen molar-refractivity contribution in [3.05, 3.63) is 11.1 Å². The summed E-state index contributed by atoms with van der Waals surface area (Å²) in [4.78, 5) is 17.7. The van der Waals surface area contributed by atoms with E-state index in [9.17, 15) is 4.79 Å². The van der Waals surface area contributed by atoms with Gasteiger partial charge in [0.2, 0.25) is 0 Å². The molecule has 0 atom stereocenters. The van der Waals surface area contributed by atoms with Gasteiger partial charge in [-0.15, -0.1) is 11.3 Å². The van der Waals surface area contributed by atoms with E-state index >= 15 is 0 Å². The number of nitrogen functional groups attached to an aromatic ring is 1. The van der Waals surface area contributed by atoms with Gasteiger partial charge < -0.3 is 15.4 Å². The van der Waals surface area contributed by atoms with E-state index in [0.29, 0.717) is 24.0 Å². The van der Waals surface area contributed by atoms with Crippen LogP contribution in [0.25, 0.3) is 0 Å². The largest absolute Gasteiger partial charge is 0.380 e. The Labute approximate surface area is 91.9 Å². The second kappa shape index (κ2) is 4.59. The lowest BCUT2D eigenvalue weighted by Crippen LogP contribution is -2.33. The number of rotatable bonds is 1. The summed E-state index contributed by atoms with van der Waals surface area (Å²) in [7, 11) is 0. The fraction of sp³-hybridized carbons (Fsp3) is 0.556. The number of amides is 1. The molecule has 0 radical (unpaired) electrons. The van der Waals surface area contributed by atoms with E-state index in [1.807, 2.05) is 0 Å². The number of carbonyl (C=O) groups is 1. The molecular weight excluding hydrogens is 214 g/mol. The van der Waals surface area contributed by atoms with Gasteiger partial charge in [0, 0.05) is 25.1 Å². The Morgan fingerprint density at radius 3 is 3.13 bits per heavy atom. The van der Waals surface area contributed by atoms with Crippen molar-refractivity contribution in [2.75, 3.05) is 32.0 Å². The lowest BCUT2D eigenvalue weighted by atomic mass is 10.3. The average molecular weight is 227 g/mol. The first-order chi connectivity index (χ1) is 7.27. The smallest absolute Gasteiger partial charge is 0.273 e. The maximum absolute atomic E-state index is 11.9. The SMILES string of the molecule is Nc1nc(C(=O)N2CCCOCC2)cs1. The van der Waals surface area contributed by atoms with Crippen LogP contribution < -0.4 is 5.73 Å². The molecule has 15 heavy (non-hydrogen) atoms. The van der Waals surface area contributed by atoms with Crippen molar-refractivity contribution in [1.29, 1.82) is 0 Å². The predicted molar refractivity (Wildman–Crippen MR) is 57.9 cm³/mol. The van der Waals surface area contributed by atoms with Gasteiger partial charge in [0.05, 0.1) is 6.61 Å². The average Bonchev–Trinajstić information content (AvgIpc) is 2.53. The number of thiazole rings is 1. The highest BCUT2D eigenvalue weighted by Gasteiger charge is 2.19. The Hall–Kier alpha value is -1.14. The molecule has 0 aromatic carbocycles. The normalized spacial score (nSPS) is 17.5. The fourth-order valence-electron chi connectivity index (χ4n) is 1.50. The van der Waals surface area contributed by atoms with Crippen molar-refractivity contribution in [1.82, 2.24) is 9.88 Å². The molecular formula is C9H13N3O2S. The molecule has 82 valence electrons. The van der Waals surface area contributed by atoms with Crippen LogP contribution in [0.1, 0.15) is 16.9 Å². The first kappa shape index (κ1) is 10.4. The monoisotopic (exact) mass is 227 g/mol. The third-order valence-corrected chi connectivity index (χ3v) is 2.92. The van der Waals surface area contributed by atoms with Crippen molar-refractivity contribution in [3.8, 4) is 0 Å². The van der Waals surface area contributed by atoms with E-state index in [-0.39, 0.29) is 5.91 Å². The van der Waals surface area contributed by atoms with E-state index in [0.717, 1.165) is 19.6 Å². The number of nitrogens with zero attached hydrogens (tertiary/aromatic N) is 2. The van der Waals surface area contributed by atoms with Gasteiger partial charge in [0.25, 0.3) is 5.91 Å². The Bertz CT molecular complexity index is 345. The number of carbonyl (C=O) groups excluding carboxylic acids is 1. The molecule has 1 fully saturated rings. The van der Waals surface area contributed by atoms with E-state index in [2.05, 4.69) is 4.98 Å². The highest BCUT2D eigenvalue weighted by atomic mass is 32.1. The summed E-state index contributed by atoms with van der Waals surface area (Å²) in [5.41, 5.74) is 5.93. The minimum absolute atomic E-state index is 0.0477. The zero-order valence-electron chi connectivity index (χ0n) is 8.31. The summed E-state index contributed by atoms with van der Waals surface area (Å²) in [5.74, 6) is -0.0477. The number of ether oxygens (including phenoxy) is 1. The van der Waals surface area contributed by atoms with Crippen molar-refractivity contribution in [3.63, 3.8) is 0 Å². The van der Waals surface area contributed by atoms with Gasteiger partial charge in [0.15, 0.2) is 5.13 Å². The second-order valence-electron chi connectivity index (χ2n) is 3.33. The summed E-state index contributed by atoms with van der Waals surface area (Å²) in [6.45, 7) is 2.70. The van der Waals surface area contributed by atoms with Crippen LogP contribution in [0.5, 0.6) is 0 Å². The molecule has 1 aromatic heterocycles. The van der Waals surface area contributed by atoms with Crippen LogP contribution in [-0.4, -0.2) is 42.1 Å². The first-order valence-corrected chi connectivity index (χ1v) is 5.73. The molecule has 0 bridgehead atoms. The van der Waals surface area contributed by atoms with Crippen LogP contribution in [0.2, 0.25) is 0 Å². The maximum atomic E-state index is 11.9. The van der Waals surface area contributed by atoms with Crippen LogP contribution in [0.15, 0.2) is 5.38 Å². The molecule has 2 heterocycles. The molecule has 5 nitrogen and oxygen atoms in total. The lowest BCUT2D eigenvalue weighted by molar-refractivity contribution is 0.0736. The van der Waals surface area contributed by atoms with Crippen molar-refractivity contribution >= 4 is 22.4 Å². The number of anilines is 1. The van der Waals surface area contributed by atoms with Crippen molar-refractivity contribution in [2.45, 2.75) is 6.42 Å². The molecule has 0 saturated carbocycles. The zero-order valence-corrected chi connectivity index (χ0v) is 9.13. The highest BCUT2D eigenvalue weighted by Crippen LogP contribution is 2.13. The first-order valence-electron chi connectivity index (χ1n) is 4.85. The van der Waals surface area contributed by atoms with Gasteiger partial charge in [0.1, 0.15) is 5.69 Å². The van der Waals surface area contributed by atoms with Gasteiger partial charge >= 0.3 is 0 Å². The third-order valence-electron chi connectivity index (χ3n) is 2.25. The van der Waals surface area contributed by atoms with E-state index in [1.165, 1.54) is 11.3 Å². The minimum Gasteiger partial charge on any atom is -0.380 e. The minimum atomic E-state index is -0.0477. The zero-order chi connectivity index (χ0) is 10.7. The number of hydrogen-bond donors (Lipinski definition) is 1.